The monoisotopic (exact) mass is 489 g/mol. The number of nitrogens with one attached hydrogen (secondary N) is 1. The van der Waals surface area contributed by atoms with Crippen LogP contribution in [-0.4, -0.2) is 38.3 Å². The molecule has 3 aromatic rings. The summed E-state index contributed by atoms with van der Waals surface area (Å²) in [5.74, 6) is -0.467. The van der Waals surface area contributed by atoms with E-state index in [0.717, 1.165) is 36.4 Å². The van der Waals surface area contributed by atoms with E-state index in [4.69, 9.17) is 0 Å². The number of benzene rings is 1. The van der Waals surface area contributed by atoms with E-state index in [1.165, 1.54) is 30.2 Å². The molecule has 1 amide bonds. The standard InChI is InChI=1S/C24H26F3N5OS/c1-14-8-17(10-18(9-14)24(25,26)27)21-20(13-32-7-5-4-6-16(32)3)34-23(30-21)31-22(33)19-12-28-15(2)11-29-19/h8-12,16H,4-7,13H2,1-3H3,(H,30,31,33)/t16-/m1/s1. The molecule has 1 N–H and O–H groups in total. The molecule has 4 rings (SSSR count). The molecule has 1 aromatic carbocycles. The van der Waals surface area contributed by atoms with Crippen LogP contribution < -0.4 is 5.32 Å². The van der Waals surface area contributed by atoms with Crippen molar-refractivity contribution < 1.29 is 18.0 Å². The average molecular weight is 490 g/mol. The number of aryl methyl sites for hydroxylation is 2. The molecule has 0 radical (unpaired) electrons. The minimum atomic E-state index is -4.46. The zero-order valence-corrected chi connectivity index (χ0v) is 20.1. The van der Waals surface area contributed by atoms with Gasteiger partial charge in [-0.25, -0.2) is 9.97 Å². The lowest BCUT2D eigenvalue weighted by molar-refractivity contribution is -0.137. The first-order valence-electron chi connectivity index (χ1n) is 11.1. The number of thiazole rings is 1. The number of hydrogen-bond donors (Lipinski definition) is 1. The molecule has 0 unspecified atom stereocenters. The molecule has 2 aromatic heterocycles. The molecular weight excluding hydrogens is 463 g/mol. The molecule has 0 saturated carbocycles. The molecule has 1 aliphatic rings. The zero-order chi connectivity index (χ0) is 24.5. The first-order valence-corrected chi connectivity index (χ1v) is 11.9. The van der Waals surface area contributed by atoms with Gasteiger partial charge < -0.3 is 0 Å². The number of aromatic nitrogens is 3. The van der Waals surface area contributed by atoms with Crippen molar-refractivity contribution in [1.82, 2.24) is 19.9 Å². The Hall–Kier alpha value is -2.85. The van der Waals surface area contributed by atoms with Gasteiger partial charge in [0, 0.05) is 29.2 Å². The van der Waals surface area contributed by atoms with E-state index in [9.17, 15) is 18.0 Å². The Bertz CT molecular complexity index is 1180. The Morgan fingerprint density at radius 1 is 1.18 bits per heavy atom. The van der Waals surface area contributed by atoms with Crippen LogP contribution in [0.15, 0.2) is 30.6 Å². The van der Waals surface area contributed by atoms with Crippen LogP contribution in [0.5, 0.6) is 0 Å². The van der Waals surface area contributed by atoms with Crippen molar-refractivity contribution in [2.24, 2.45) is 0 Å². The average Bonchev–Trinajstić information content (AvgIpc) is 3.17. The molecule has 1 saturated heterocycles. The molecule has 34 heavy (non-hydrogen) atoms. The summed E-state index contributed by atoms with van der Waals surface area (Å²) in [6.07, 6.45) is 1.74. The Balaban J connectivity index is 1.70. The van der Waals surface area contributed by atoms with Crippen molar-refractivity contribution in [1.29, 1.82) is 0 Å². The van der Waals surface area contributed by atoms with E-state index in [2.05, 4.69) is 32.1 Å². The maximum atomic E-state index is 13.5. The highest BCUT2D eigenvalue weighted by Crippen LogP contribution is 2.37. The third kappa shape index (κ3) is 5.61. The van der Waals surface area contributed by atoms with Crippen molar-refractivity contribution in [3.63, 3.8) is 0 Å². The number of nitrogens with zero attached hydrogens (tertiary/aromatic N) is 4. The third-order valence-electron chi connectivity index (χ3n) is 5.90. The SMILES string of the molecule is Cc1cc(-c2nc(NC(=O)c3cnc(C)cn3)sc2CN2CCCC[C@H]2C)cc(C(F)(F)F)c1. The molecule has 3 heterocycles. The van der Waals surface area contributed by atoms with Gasteiger partial charge in [0.1, 0.15) is 5.69 Å². The third-order valence-corrected chi connectivity index (χ3v) is 6.85. The molecule has 180 valence electrons. The van der Waals surface area contributed by atoms with Gasteiger partial charge in [-0.15, -0.1) is 0 Å². The first-order chi connectivity index (χ1) is 16.1. The lowest BCUT2D eigenvalue weighted by atomic mass is 10.0. The van der Waals surface area contributed by atoms with Gasteiger partial charge in [0.2, 0.25) is 0 Å². The number of carbonyl (C=O) groups excluding carboxylic acids is 1. The van der Waals surface area contributed by atoms with Gasteiger partial charge in [-0.1, -0.05) is 17.8 Å². The first kappa shape index (κ1) is 24.3. The number of amides is 1. The summed E-state index contributed by atoms with van der Waals surface area (Å²) in [7, 11) is 0. The quantitative estimate of drug-likeness (QED) is 0.486. The number of alkyl halides is 3. The van der Waals surface area contributed by atoms with Crippen molar-refractivity contribution in [3.8, 4) is 11.3 Å². The van der Waals surface area contributed by atoms with Crippen LogP contribution in [0.25, 0.3) is 11.3 Å². The second-order valence-electron chi connectivity index (χ2n) is 8.69. The van der Waals surface area contributed by atoms with Gasteiger partial charge in [-0.3, -0.25) is 20.0 Å². The Labute approximate surface area is 200 Å². The van der Waals surface area contributed by atoms with Crippen molar-refractivity contribution >= 4 is 22.4 Å². The van der Waals surface area contributed by atoms with Crippen LogP contribution >= 0.6 is 11.3 Å². The van der Waals surface area contributed by atoms with Gasteiger partial charge in [0.15, 0.2) is 5.13 Å². The highest BCUT2D eigenvalue weighted by molar-refractivity contribution is 7.16. The van der Waals surface area contributed by atoms with Crippen LogP contribution in [-0.2, 0) is 12.7 Å². The van der Waals surface area contributed by atoms with E-state index >= 15 is 0 Å². The Morgan fingerprint density at radius 2 is 1.97 bits per heavy atom. The molecular formula is C24H26F3N5OS. The van der Waals surface area contributed by atoms with E-state index < -0.39 is 17.6 Å². The number of hydrogen-bond acceptors (Lipinski definition) is 6. The van der Waals surface area contributed by atoms with Crippen molar-refractivity contribution in [2.75, 3.05) is 11.9 Å². The number of carbonyl (C=O) groups is 1. The van der Waals surface area contributed by atoms with Crippen LogP contribution in [0, 0.1) is 13.8 Å². The Kier molecular flexibility index (Phi) is 6.99. The normalized spacial score (nSPS) is 17.1. The summed E-state index contributed by atoms with van der Waals surface area (Å²) < 4.78 is 40.5. The predicted octanol–water partition coefficient (Wildman–Crippen LogP) is 5.86. The van der Waals surface area contributed by atoms with Gasteiger partial charge in [-0.2, -0.15) is 13.2 Å². The van der Waals surface area contributed by atoms with E-state index in [1.54, 1.807) is 19.9 Å². The largest absolute Gasteiger partial charge is 0.416 e. The number of rotatable bonds is 5. The number of likely N-dealkylation sites (tertiary alicyclic amines) is 1. The van der Waals surface area contributed by atoms with E-state index in [0.29, 0.717) is 40.2 Å². The fourth-order valence-electron chi connectivity index (χ4n) is 4.07. The highest BCUT2D eigenvalue weighted by atomic mass is 32.1. The molecule has 0 spiro atoms. The fourth-order valence-corrected chi connectivity index (χ4v) is 5.07. The van der Waals surface area contributed by atoms with E-state index in [1.807, 2.05) is 0 Å². The number of anilines is 1. The predicted molar refractivity (Wildman–Crippen MR) is 126 cm³/mol. The topological polar surface area (TPSA) is 71.0 Å². The molecule has 1 atom stereocenters. The Morgan fingerprint density at radius 3 is 2.65 bits per heavy atom. The molecule has 0 aliphatic carbocycles. The fraction of sp³-hybridized carbons (Fsp3) is 0.417. The maximum Gasteiger partial charge on any atom is 0.416 e. The van der Waals surface area contributed by atoms with Crippen LogP contribution in [0.1, 0.15) is 58.4 Å². The van der Waals surface area contributed by atoms with Crippen LogP contribution in [0.2, 0.25) is 0 Å². The van der Waals surface area contributed by atoms with Crippen molar-refractivity contribution in [2.45, 2.75) is 58.8 Å². The van der Waals surface area contributed by atoms with Crippen LogP contribution in [0.4, 0.5) is 18.3 Å². The smallest absolute Gasteiger partial charge is 0.296 e. The lowest BCUT2D eigenvalue weighted by Gasteiger charge is -2.33. The maximum absolute atomic E-state index is 13.5. The lowest BCUT2D eigenvalue weighted by Crippen LogP contribution is -2.36. The van der Waals surface area contributed by atoms with Gasteiger partial charge >= 0.3 is 6.18 Å². The second kappa shape index (κ2) is 9.79. The van der Waals surface area contributed by atoms with Crippen molar-refractivity contribution in [3.05, 3.63) is 58.0 Å². The second-order valence-corrected chi connectivity index (χ2v) is 9.77. The van der Waals surface area contributed by atoms with Crippen LogP contribution in [0.3, 0.4) is 0 Å². The molecule has 1 fully saturated rings. The molecule has 6 nitrogen and oxygen atoms in total. The molecule has 10 heteroatoms. The van der Waals surface area contributed by atoms with Gasteiger partial charge in [-0.05, 0) is 63.9 Å². The summed E-state index contributed by atoms with van der Waals surface area (Å²) in [6, 6.07) is 4.32. The highest BCUT2D eigenvalue weighted by Gasteiger charge is 2.32. The number of halogens is 3. The zero-order valence-electron chi connectivity index (χ0n) is 19.2. The van der Waals surface area contributed by atoms with Gasteiger partial charge in [0.25, 0.3) is 5.91 Å². The molecule has 0 bridgehead atoms. The minimum Gasteiger partial charge on any atom is -0.296 e. The molecule has 1 aliphatic heterocycles. The van der Waals surface area contributed by atoms with E-state index in [-0.39, 0.29) is 5.69 Å². The number of piperidine rings is 1. The summed E-state index contributed by atoms with van der Waals surface area (Å²) in [5, 5.41) is 3.06. The summed E-state index contributed by atoms with van der Waals surface area (Å²) in [6.45, 7) is 7.04. The van der Waals surface area contributed by atoms with Gasteiger partial charge in [0.05, 0.1) is 23.1 Å². The summed E-state index contributed by atoms with van der Waals surface area (Å²) in [5.41, 5.74) is 1.46. The summed E-state index contributed by atoms with van der Waals surface area (Å²) in [4.78, 5) is 28.5. The minimum absolute atomic E-state index is 0.142. The summed E-state index contributed by atoms with van der Waals surface area (Å²) >= 11 is 1.28.